The van der Waals surface area contributed by atoms with Crippen LogP contribution in [0.2, 0.25) is 0 Å². The summed E-state index contributed by atoms with van der Waals surface area (Å²) in [7, 11) is 1.32. The number of fused-ring (bicyclic) bond motifs is 2. The van der Waals surface area contributed by atoms with Gasteiger partial charge in [0.1, 0.15) is 23.3 Å². The Hall–Kier alpha value is -5.45. The number of methoxy groups -OCH3 is 1. The number of carbonyl (C=O) groups is 4. The van der Waals surface area contributed by atoms with Crippen molar-refractivity contribution in [3.63, 3.8) is 0 Å². The van der Waals surface area contributed by atoms with Crippen LogP contribution in [-0.4, -0.2) is 63.9 Å². The molecule has 0 fully saturated rings. The molecule has 3 aromatic carbocycles. The highest BCUT2D eigenvalue weighted by molar-refractivity contribution is 6.07. The maximum absolute atomic E-state index is 13.5. The summed E-state index contributed by atoms with van der Waals surface area (Å²) in [5, 5.41) is 0. The molecular weight excluding hydrogens is 624 g/mol. The van der Waals surface area contributed by atoms with Crippen LogP contribution >= 0.6 is 0 Å². The number of imidazole rings is 1. The molecule has 0 bridgehead atoms. The van der Waals surface area contributed by atoms with Crippen LogP contribution in [0.4, 0.5) is 21.0 Å². The summed E-state index contributed by atoms with van der Waals surface area (Å²) in [6.45, 7) is 10.8. The number of rotatable bonds is 4. The van der Waals surface area contributed by atoms with Crippen molar-refractivity contribution in [2.45, 2.75) is 77.7 Å². The molecule has 2 amide bonds. The number of amides is 2. The Morgan fingerprint density at radius 1 is 0.673 bits per heavy atom. The standard InChI is InChI=1S/C23H23N3O3.C15H19NO4/c1-23(2,3)29-22(28)26-18-12-8-7-9-16(18)15-19(26)20(27)21-24-13-14-25(21)17-10-5-4-6-11-17;1-15(2,3)20-14(18)16-11-8-6-5-7-10(11)9-12(16)13(17)19-4/h4-14,19H,15H2,1-3H3;5-8,12H,9H2,1-4H3/t19-;12-/m00/s1. The molecule has 2 atom stereocenters. The largest absolute Gasteiger partial charge is 0.467 e. The molecule has 0 spiro atoms. The normalized spacial score (nSPS) is 16.6. The van der Waals surface area contributed by atoms with E-state index in [0.717, 1.165) is 16.8 Å². The fraction of sp³-hybridized carbons (Fsp3) is 0.342. The topological polar surface area (TPSA) is 120 Å². The number of nitrogens with zero attached hydrogens (tertiary/aromatic N) is 4. The first kappa shape index (κ1) is 34.9. The minimum atomic E-state index is -0.702. The molecule has 0 aliphatic carbocycles. The van der Waals surface area contributed by atoms with Gasteiger partial charge in [-0.3, -0.25) is 19.2 Å². The number of anilines is 2. The molecule has 0 saturated carbocycles. The summed E-state index contributed by atoms with van der Waals surface area (Å²) in [5.41, 5.74) is 2.85. The number of carbonyl (C=O) groups excluding carboxylic acids is 4. The lowest BCUT2D eigenvalue weighted by atomic mass is 10.1. The van der Waals surface area contributed by atoms with Crippen LogP contribution in [0.1, 0.15) is 63.3 Å². The lowest BCUT2D eigenvalue weighted by Crippen LogP contribution is -2.46. The average Bonchev–Trinajstić information content (AvgIpc) is 3.79. The van der Waals surface area contributed by atoms with E-state index in [1.807, 2.05) is 99.6 Å². The van der Waals surface area contributed by atoms with Crippen LogP contribution < -0.4 is 9.80 Å². The van der Waals surface area contributed by atoms with Gasteiger partial charge in [-0.2, -0.15) is 0 Å². The summed E-state index contributed by atoms with van der Waals surface area (Å²) in [4.78, 5) is 57.9. The number of ketones is 1. The first-order valence-corrected chi connectivity index (χ1v) is 16.1. The number of aromatic nitrogens is 2. The van der Waals surface area contributed by atoms with E-state index in [1.54, 1.807) is 37.7 Å². The van der Waals surface area contributed by atoms with E-state index in [2.05, 4.69) is 4.98 Å². The molecule has 0 N–H and O–H groups in total. The molecule has 2 aliphatic heterocycles. The first-order chi connectivity index (χ1) is 23.2. The molecule has 6 rings (SSSR count). The van der Waals surface area contributed by atoms with E-state index in [4.69, 9.17) is 14.2 Å². The van der Waals surface area contributed by atoms with Crippen molar-refractivity contribution >= 4 is 35.3 Å². The van der Waals surface area contributed by atoms with Crippen molar-refractivity contribution in [1.82, 2.24) is 9.55 Å². The Kier molecular flexibility index (Phi) is 9.93. The highest BCUT2D eigenvalue weighted by atomic mass is 16.6. The molecule has 0 radical (unpaired) electrons. The smallest absolute Gasteiger partial charge is 0.415 e. The van der Waals surface area contributed by atoms with E-state index in [9.17, 15) is 19.2 Å². The third-order valence-electron chi connectivity index (χ3n) is 7.80. The molecule has 4 aromatic rings. The zero-order valence-corrected chi connectivity index (χ0v) is 28.9. The molecule has 0 saturated heterocycles. The number of ether oxygens (including phenoxy) is 3. The Morgan fingerprint density at radius 3 is 1.65 bits per heavy atom. The van der Waals surface area contributed by atoms with Crippen LogP contribution in [-0.2, 0) is 31.8 Å². The van der Waals surface area contributed by atoms with Gasteiger partial charge in [-0.05, 0) is 76.9 Å². The first-order valence-electron chi connectivity index (χ1n) is 16.1. The summed E-state index contributed by atoms with van der Waals surface area (Å²) in [6, 6.07) is 23.1. The van der Waals surface area contributed by atoms with Crippen LogP contribution in [0.15, 0.2) is 91.3 Å². The zero-order valence-electron chi connectivity index (χ0n) is 28.9. The van der Waals surface area contributed by atoms with Crippen molar-refractivity contribution in [3.8, 4) is 5.69 Å². The Balaban J connectivity index is 0.000000205. The summed E-state index contributed by atoms with van der Waals surface area (Å²) in [5.74, 6) is -0.365. The lowest BCUT2D eigenvalue weighted by molar-refractivity contribution is -0.142. The summed E-state index contributed by atoms with van der Waals surface area (Å²) < 4.78 is 17.5. The number of esters is 1. The number of benzene rings is 3. The van der Waals surface area contributed by atoms with Crippen molar-refractivity contribution in [2.24, 2.45) is 0 Å². The highest BCUT2D eigenvalue weighted by Gasteiger charge is 2.43. The third-order valence-corrected chi connectivity index (χ3v) is 7.80. The van der Waals surface area contributed by atoms with Gasteiger partial charge in [0.2, 0.25) is 5.78 Å². The van der Waals surface area contributed by atoms with E-state index in [-0.39, 0.29) is 5.78 Å². The second kappa shape index (κ2) is 14.0. The molecule has 49 heavy (non-hydrogen) atoms. The monoisotopic (exact) mass is 666 g/mol. The van der Waals surface area contributed by atoms with E-state index >= 15 is 0 Å². The predicted molar refractivity (Wildman–Crippen MR) is 185 cm³/mol. The van der Waals surface area contributed by atoms with E-state index < -0.39 is 41.4 Å². The third kappa shape index (κ3) is 7.83. The van der Waals surface area contributed by atoms with Crippen LogP contribution in [0, 0.1) is 0 Å². The average molecular weight is 667 g/mol. The summed E-state index contributed by atoms with van der Waals surface area (Å²) in [6.07, 6.45) is 3.16. The fourth-order valence-corrected chi connectivity index (χ4v) is 5.81. The second-order valence-electron chi connectivity index (χ2n) is 13.7. The molecule has 0 unspecified atom stereocenters. The van der Waals surface area contributed by atoms with Gasteiger partial charge in [0.25, 0.3) is 0 Å². The van der Waals surface area contributed by atoms with E-state index in [0.29, 0.717) is 30.0 Å². The van der Waals surface area contributed by atoms with Crippen molar-refractivity contribution in [1.29, 1.82) is 0 Å². The second-order valence-corrected chi connectivity index (χ2v) is 13.7. The van der Waals surface area contributed by atoms with Gasteiger partial charge in [-0.15, -0.1) is 0 Å². The fourth-order valence-electron chi connectivity index (χ4n) is 5.81. The predicted octanol–water partition coefficient (Wildman–Crippen LogP) is 6.95. The number of Topliss-reactive ketones (excluding diaryl/α,β-unsaturated/α-hetero) is 1. The van der Waals surface area contributed by atoms with Gasteiger partial charge in [0, 0.05) is 30.9 Å². The van der Waals surface area contributed by atoms with Crippen molar-refractivity contribution in [3.05, 3.63) is 108 Å². The quantitative estimate of drug-likeness (QED) is 0.130. The number of para-hydroxylation sites is 3. The minimum absolute atomic E-state index is 0.221. The zero-order chi connectivity index (χ0) is 35.5. The van der Waals surface area contributed by atoms with Gasteiger partial charge in [0.15, 0.2) is 5.82 Å². The summed E-state index contributed by atoms with van der Waals surface area (Å²) >= 11 is 0. The SMILES string of the molecule is CC(C)(C)OC(=O)N1c2ccccc2C[C@H]1C(=O)c1nccn1-c1ccccc1.COC(=O)[C@@H]1Cc2ccccc2N1C(=O)OC(C)(C)C. The Labute approximate surface area is 286 Å². The minimum Gasteiger partial charge on any atom is -0.467 e. The maximum Gasteiger partial charge on any atom is 0.415 e. The van der Waals surface area contributed by atoms with Crippen LogP contribution in [0.25, 0.3) is 5.69 Å². The maximum atomic E-state index is 13.5. The van der Waals surface area contributed by atoms with Gasteiger partial charge < -0.3 is 14.2 Å². The van der Waals surface area contributed by atoms with Gasteiger partial charge in [-0.1, -0.05) is 54.6 Å². The Morgan fingerprint density at radius 2 is 1.14 bits per heavy atom. The van der Waals surface area contributed by atoms with Gasteiger partial charge in [0.05, 0.1) is 18.5 Å². The van der Waals surface area contributed by atoms with Crippen molar-refractivity contribution in [2.75, 3.05) is 16.9 Å². The van der Waals surface area contributed by atoms with Crippen LogP contribution in [0.5, 0.6) is 0 Å². The number of hydrogen-bond donors (Lipinski definition) is 0. The van der Waals surface area contributed by atoms with E-state index in [1.165, 1.54) is 16.9 Å². The van der Waals surface area contributed by atoms with Gasteiger partial charge >= 0.3 is 18.2 Å². The van der Waals surface area contributed by atoms with Gasteiger partial charge in [-0.25, -0.2) is 19.4 Å². The number of hydrogen-bond acceptors (Lipinski definition) is 8. The Bertz CT molecular complexity index is 1840. The lowest BCUT2D eigenvalue weighted by Gasteiger charge is -2.28. The molecule has 3 heterocycles. The van der Waals surface area contributed by atoms with Crippen LogP contribution in [0.3, 0.4) is 0 Å². The molecule has 11 heteroatoms. The molecule has 2 aliphatic rings. The molecule has 11 nitrogen and oxygen atoms in total. The molecular formula is C38H42N4O7. The van der Waals surface area contributed by atoms with Crippen molar-refractivity contribution < 1.29 is 33.4 Å². The molecule has 256 valence electrons. The highest BCUT2D eigenvalue weighted by Crippen LogP contribution is 2.36. The molecule has 1 aromatic heterocycles.